The van der Waals surface area contributed by atoms with Gasteiger partial charge in [-0.05, 0) is 92.1 Å². The summed E-state index contributed by atoms with van der Waals surface area (Å²) in [5, 5.41) is 4.84. The van der Waals surface area contributed by atoms with Gasteiger partial charge >= 0.3 is 12.1 Å². The first-order valence-corrected chi connectivity index (χ1v) is 23.3. The van der Waals surface area contributed by atoms with Crippen molar-refractivity contribution in [2.45, 2.75) is 104 Å². The van der Waals surface area contributed by atoms with Crippen LogP contribution in [0.15, 0.2) is 73.4 Å². The average Bonchev–Trinajstić information content (AvgIpc) is 3.94. The number of methoxy groups -OCH3 is 1. The molecule has 5 heterocycles. The second-order valence-electron chi connectivity index (χ2n) is 19.0. The molecular weight excluding hydrogens is 880 g/mol. The third-order valence-corrected chi connectivity index (χ3v) is 13.7. The number of amides is 4. The number of likely N-dealkylation sites (N-methyl/N-ethyl adjacent to an activating group) is 1. The molecule has 17 heteroatoms. The molecule has 2 N–H and O–H groups in total. The highest BCUT2D eigenvalue weighted by atomic mass is 19.4. The highest BCUT2D eigenvalue weighted by Gasteiger charge is 2.49. The molecule has 2 saturated heterocycles. The van der Waals surface area contributed by atoms with Gasteiger partial charge in [0.1, 0.15) is 18.1 Å². The highest BCUT2D eigenvalue weighted by molar-refractivity contribution is 5.96. The molecule has 68 heavy (non-hydrogen) atoms. The molecule has 364 valence electrons. The topological polar surface area (TPSA) is 155 Å². The number of benzene rings is 2. The van der Waals surface area contributed by atoms with Crippen LogP contribution >= 0.6 is 0 Å². The lowest BCUT2D eigenvalue weighted by molar-refractivity contribution is -0.190. The van der Waals surface area contributed by atoms with Gasteiger partial charge in [-0.15, -0.1) is 0 Å². The Hall–Kier alpha value is -6.07. The normalized spacial score (nSPS) is 21.4. The Labute approximate surface area is 395 Å². The molecule has 6 atom stereocenters. The summed E-state index contributed by atoms with van der Waals surface area (Å²) < 4.78 is 58.0. The Kier molecular flexibility index (Phi) is 14.8. The number of likely N-dealkylation sites (tertiary alicyclic amines) is 1. The van der Waals surface area contributed by atoms with E-state index in [2.05, 4.69) is 40.9 Å². The number of rotatable bonds is 10. The number of aryl methyl sites for hydroxylation is 1. The van der Waals surface area contributed by atoms with Crippen molar-refractivity contribution in [3.8, 4) is 22.4 Å². The lowest BCUT2D eigenvalue weighted by atomic mass is 9.84. The van der Waals surface area contributed by atoms with Crippen molar-refractivity contribution < 1.29 is 46.6 Å². The highest BCUT2D eigenvalue weighted by Crippen LogP contribution is 2.42. The Morgan fingerprint density at radius 1 is 1.07 bits per heavy atom. The number of carbonyl (C=O) groups excluding carboxylic acids is 5. The number of carbonyl (C=O) groups is 5. The summed E-state index contributed by atoms with van der Waals surface area (Å²) in [5.41, 5.74) is 9.37. The second kappa shape index (κ2) is 20.3. The molecule has 0 saturated carbocycles. The van der Waals surface area contributed by atoms with E-state index in [0.29, 0.717) is 31.4 Å². The predicted molar refractivity (Wildman–Crippen MR) is 250 cm³/mol. The van der Waals surface area contributed by atoms with Crippen LogP contribution in [-0.4, -0.2) is 119 Å². The lowest BCUT2D eigenvalue weighted by Crippen LogP contribution is -2.63. The van der Waals surface area contributed by atoms with Crippen molar-refractivity contribution in [1.29, 1.82) is 0 Å². The molecule has 4 amide bonds. The minimum Gasteiger partial charge on any atom is -0.464 e. The molecule has 7 rings (SSSR count). The molecule has 3 aliphatic rings. The molecule has 2 aromatic carbocycles. The fraction of sp³-hybridized carbons (Fsp3) is 0.490. The standard InChI is InChI=1S/C51H62F3N7O7/c1-9-42(62)59-23-20-35(28-59)47(64)58(7)44(30(3)51(52,53)54)46(63)56-40-25-32-14-11-15-33(24-32)34-18-19-41-37(26-34)38(45(60(41)10-2)36-16-12-21-55-43(36)31(4)67-8)27-50(5,6)29-68-49(66)39-17-13-22-61(57-39)48(40)65/h9,11-12,14-16,18-19,21,24,26,30-31,35,39-40,44,57H,1,10,13,17,20,22-23,25,27-29H2,2-8H3,(H,56,63)/t30-,31+,35+,39+,40+,44?/m1/s1. The SMILES string of the molecule is C=CC(=O)N1CC[C@H](C(=O)N(C)C(C(=O)N[C@H]2Cc3cccc(c3)-c3ccc4c(c3)c(c(-c3cccnc3[C@H](C)OC)n4CC)CC(C)(C)COC(=O)[C@@H]3CCCN(N3)C2=O)[C@@H](C)C(F)(F)F)C1. The molecule has 14 nitrogen and oxygen atoms in total. The zero-order chi connectivity index (χ0) is 49.2. The molecule has 0 spiro atoms. The molecule has 6 bridgehead atoms. The van der Waals surface area contributed by atoms with E-state index >= 15 is 0 Å². The Balaban J connectivity index is 1.31. The van der Waals surface area contributed by atoms with Crippen LogP contribution in [0.3, 0.4) is 0 Å². The molecule has 2 aromatic heterocycles. The summed E-state index contributed by atoms with van der Waals surface area (Å²) in [6, 6.07) is 13.2. The van der Waals surface area contributed by atoms with Crippen molar-refractivity contribution >= 4 is 40.5 Å². The smallest absolute Gasteiger partial charge is 0.394 e. The zero-order valence-electron chi connectivity index (χ0n) is 39.8. The number of aromatic nitrogens is 2. The van der Waals surface area contributed by atoms with Crippen molar-refractivity contribution in [3.05, 3.63) is 90.3 Å². The molecule has 0 radical (unpaired) electrons. The first-order chi connectivity index (χ1) is 32.3. The third kappa shape index (κ3) is 10.3. The first kappa shape index (κ1) is 49.8. The first-order valence-electron chi connectivity index (χ1n) is 23.3. The number of ether oxygens (including phenoxy) is 2. The van der Waals surface area contributed by atoms with Crippen LogP contribution in [0.2, 0.25) is 0 Å². The van der Waals surface area contributed by atoms with Crippen molar-refractivity contribution in [2.75, 3.05) is 40.4 Å². The van der Waals surface area contributed by atoms with E-state index in [0.717, 1.165) is 69.5 Å². The minimum atomic E-state index is -4.91. The summed E-state index contributed by atoms with van der Waals surface area (Å²) in [6.45, 7) is 13.4. The van der Waals surface area contributed by atoms with Crippen LogP contribution in [0.4, 0.5) is 13.2 Å². The van der Waals surface area contributed by atoms with E-state index in [1.807, 2.05) is 57.2 Å². The van der Waals surface area contributed by atoms with Crippen molar-refractivity contribution in [3.63, 3.8) is 0 Å². The van der Waals surface area contributed by atoms with Crippen molar-refractivity contribution in [2.24, 2.45) is 17.3 Å². The van der Waals surface area contributed by atoms with Gasteiger partial charge in [0.05, 0.1) is 35.9 Å². The number of alkyl halides is 3. The monoisotopic (exact) mass is 941 g/mol. The van der Waals surface area contributed by atoms with E-state index in [1.54, 1.807) is 19.4 Å². The van der Waals surface area contributed by atoms with Gasteiger partial charge in [-0.1, -0.05) is 57.7 Å². The number of hydrogen-bond donors (Lipinski definition) is 2. The number of hydrogen-bond acceptors (Lipinski definition) is 9. The van der Waals surface area contributed by atoms with E-state index < -0.39 is 71.2 Å². The molecule has 2 fully saturated rings. The summed E-state index contributed by atoms with van der Waals surface area (Å²) in [5.74, 6) is -6.78. The maximum atomic E-state index is 14.7. The quantitative estimate of drug-likeness (QED) is 0.129. The maximum Gasteiger partial charge on any atom is 0.394 e. The van der Waals surface area contributed by atoms with Gasteiger partial charge in [0.15, 0.2) is 0 Å². The number of halogens is 3. The summed E-state index contributed by atoms with van der Waals surface area (Å²) in [4.78, 5) is 76.1. The largest absolute Gasteiger partial charge is 0.464 e. The Morgan fingerprint density at radius 3 is 2.53 bits per heavy atom. The van der Waals surface area contributed by atoms with Crippen LogP contribution in [0, 0.1) is 17.3 Å². The van der Waals surface area contributed by atoms with Gasteiger partial charge in [0.25, 0.3) is 5.91 Å². The van der Waals surface area contributed by atoms with Gasteiger partial charge < -0.3 is 29.2 Å². The number of fused-ring (bicyclic) bond motifs is 6. The summed E-state index contributed by atoms with van der Waals surface area (Å²) in [6.07, 6.45) is -1.06. The maximum absolute atomic E-state index is 14.7. The van der Waals surface area contributed by atoms with Crippen LogP contribution in [0.1, 0.15) is 76.8 Å². The van der Waals surface area contributed by atoms with Gasteiger partial charge in [0, 0.05) is 74.8 Å². The fourth-order valence-corrected chi connectivity index (χ4v) is 9.88. The number of hydrazine groups is 1. The number of nitrogens with zero attached hydrogens (tertiary/aromatic N) is 5. The number of cyclic esters (lactones) is 1. The van der Waals surface area contributed by atoms with Gasteiger partial charge in [-0.3, -0.25) is 34.0 Å². The molecule has 1 unspecified atom stereocenters. The second-order valence-corrected chi connectivity index (χ2v) is 19.0. The zero-order valence-corrected chi connectivity index (χ0v) is 39.8. The van der Waals surface area contributed by atoms with Crippen LogP contribution in [0.25, 0.3) is 33.3 Å². The van der Waals surface area contributed by atoms with E-state index in [9.17, 15) is 37.1 Å². The fourth-order valence-electron chi connectivity index (χ4n) is 9.88. The van der Waals surface area contributed by atoms with Crippen molar-refractivity contribution in [1.82, 2.24) is 35.1 Å². The summed E-state index contributed by atoms with van der Waals surface area (Å²) >= 11 is 0. The van der Waals surface area contributed by atoms with E-state index in [1.165, 1.54) is 9.91 Å². The van der Waals surface area contributed by atoms with Gasteiger partial charge in [-0.25, -0.2) is 5.43 Å². The Bertz CT molecular complexity index is 2580. The number of esters is 1. The molecular formula is C51H62F3N7O7. The van der Waals surface area contributed by atoms with E-state index in [-0.39, 0.29) is 45.2 Å². The minimum absolute atomic E-state index is 0.0408. The van der Waals surface area contributed by atoms with Crippen LogP contribution in [-0.2, 0) is 52.8 Å². The van der Waals surface area contributed by atoms with Crippen LogP contribution < -0.4 is 10.7 Å². The lowest BCUT2D eigenvalue weighted by Gasteiger charge is -2.37. The third-order valence-electron chi connectivity index (χ3n) is 13.7. The summed E-state index contributed by atoms with van der Waals surface area (Å²) in [7, 11) is 2.79. The van der Waals surface area contributed by atoms with Gasteiger partial charge in [-0.2, -0.15) is 13.2 Å². The molecule has 3 aliphatic heterocycles. The number of pyridine rings is 1. The van der Waals surface area contributed by atoms with Crippen LogP contribution in [0.5, 0.6) is 0 Å². The molecule has 4 aromatic rings. The molecule has 0 aliphatic carbocycles. The van der Waals surface area contributed by atoms with E-state index in [4.69, 9.17) is 14.5 Å². The van der Waals surface area contributed by atoms with Gasteiger partial charge in [0.2, 0.25) is 17.7 Å². The Morgan fingerprint density at radius 2 is 1.82 bits per heavy atom. The predicted octanol–water partition coefficient (Wildman–Crippen LogP) is 6.81. The number of nitrogens with one attached hydrogen (secondary N) is 2. The average molecular weight is 942 g/mol.